The Labute approximate surface area is 111 Å². The van der Waals surface area contributed by atoms with E-state index in [-0.39, 0.29) is 11.4 Å². The van der Waals surface area contributed by atoms with Crippen LogP contribution < -0.4 is 5.32 Å². The van der Waals surface area contributed by atoms with Gasteiger partial charge in [0, 0.05) is 5.56 Å². The van der Waals surface area contributed by atoms with Crippen molar-refractivity contribution < 1.29 is 8.91 Å². The van der Waals surface area contributed by atoms with Gasteiger partial charge in [-0.15, -0.1) is 0 Å². The molecule has 1 N–H and O–H groups in total. The molecule has 0 spiro atoms. The first kappa shape index (κ1) is 12.3. The Hall–Kier alpha value is -1.75. The molecule has 1 saturated heterocycles. The molecular formula is C14H16FN3O. The molecule has 0 amide bonds. The molecule has 1 aliphatic rings. The molecular weight excluding hydrogens is 245 g/mol. The summed E-state index contributed by atoms with van der Waals surface area (Å²) >= 11 is 0. The van der Waals surface area contributed by atoms with Gasteiger partial charge in [-0.05, 0) is 57.0 Å². The van der Waals surface area contributed by atoms with Crippen LogP contribution in [0.1, 0.15) is 31.2 Å². The van der Waals surface area contributed by atoms with Crippen molar-refractivity contribution in [2.75, 3.05) is 6.54 Å². The fraction of sp³-hybridized carbons (Fsp3) is 0.429. The lowest BCUT2D eigenvalue weighted by atomic mass is 10.0. The number of aryl methyl sites for hydroxylation is 1. The SMILES string of the molecule is Cc1cc(F)cc(-c2noc(C3(C)CCCN3)n2)c1. The van der Waals surface area contributed by atoms with Crippen molar-refractivity contribution in [1.29, 1.82) is 0 Å². The number of rotatable bonds is 2. The number of halogens is 1. The van der Waals surface area contributed by atoms with E-state index in [0.717, 1.165) is 24.9 Å². The van der Waals surface area contributed by atoms with Gasteiger partial charge in [0.05, 0.1) is 5.54 Å². The van der Waals surface area contributed by atoms with Crippen LogP contribution in [0.25, 0.3) is 11.4 Å². The lowest BCUT2D eigenvalue weighted by Gasteiger charge is -2.18. The predicted octanol–water partition coefficient (Wildman–Crippen LogP) is 2.78. The van der Waals surface area contributed by atoms with Crippen LogP contribution in [0.15, 0.2) is 22.7 Å². The third-order valence-electron chi connectivity index (χ3n) is 3.57. The molecule has 0 saturated carbocycles. The molecule has 0 radical (unpaired) electrons. The molecule has 3 rings (SSSR count). The molecule has 5 heteroatoms. The largest absolute Gasteiger partial charge is 0.337 e. The van der Waals surface area contributed by atoms with Crippen LogP contribution in [-0.2, 0) is 5.54 Å². The van der Waals surface area contributed by atoms with Gasteiger partial charge in [0.15, 0.2) is 0 Å². The van der Waals surface area contributed by atoms with Crippen molar-refractivity contribution in [2.24, 2.45) is 0 Å². The topological polar surface area (TPSA) is 51.0 Å². The molecule has 0 aliphatic carbocycles. The van der Waals surface area contributed by atoms with Gasteiger partial charge in [-0.25, -0.2) is 4.39 Å². The minimum atomic E-state index is -0.286. The lowest BCUT2D eigenvalue weighted by Crippen LogP contribution is -2.33. The molecule has 19 heavy (non-hydrogen) atoms. The second-order valence-electron chi connectivity index (χ2n) is 5.30. The van der Waals surface area contributed by atoms with Crippen LogP contribution in [0, 0.1) is 12.7 Å². The highest BCUT2D eigenvalue weighted by atomic mass is 19.1. The van der Waals surface area contributed by atoms with Crippen LogP contribution in [0.5, 0.6) is 0 Å². The Balaban J connectivity index is 1.96. The number of nitrogens with one attached hydrogen (secondary N) is 1. The fourth-order valence-corrected chi connectivity index (χ4v) is 2.51. The Kier molecular flexibility index (Phi) is 2.86. The summed E-state index contributed by atoms with van der Waals surface area (Å²) in [5.74, 6) is 0.723. The van der Waals surface area contributed by atoms with Crippen LogP contribution in [0.3, 0.4) is 0 Å². The van der Waals surface area contributed by atoms with Gasteiger partial charge >= 0.3 is 0 Å². The van der Waals surface area contributed by atoms with E-state index < -0.39 is 0 Å². The summed E-state index contributed by atoms with van der Waals surface area (Å²) in [5, 5.41) is 7.33. The lowest BCUT2D eigenvalue weighted by molar-refractivity contribution is 0.275. The second-order valence-corrected chi connectivity index (χ2v) is 5.30. The first-order valence-corrected chi connectivity index (χ1v) is 6.44. The minimum absolute atomic E-state index is 0.256. The predicted molar refractivity (Wildman–Crippen MR) is 69.0 cm³/mol. The molecule has 1 atom stereocenters. The summed E-state index contributed by atoms with van der Waals surface area (Å²) in [6, 6.07) is 4.75. The van der Waals surface area contributed by atoms with Crippen LogP contribution in [0.2, 0.25) is 0 Å². The smallest absolute Gasteiger partial charge is 0.246 e. The van der Waals surface area contributed by atoms with E-state index in [2.05, 4.69) is 15.5 Å². The summed E-state index contributed by atoms with van der Waals surface area (Å²) in [5.41, 5.74) is 1.23. The third-order valence-corrected chi connectivity index (χ3v) is 3.57. The standard InChI is InChI=1S/C14H16FN3O/c1-9-6-10(8-11(15)7-9)12-17-13(19-18-12)14(2)4-3-5-16-14/h6-8,16H,3-5H2,1-2H3. The molecule has 1 aromatic carbocycles. The zero-order valence-electron chi connectivity index (χ0n) is 11.0. The van der Waals surface area contributed by atoms with Crippen LogP contribution in [-0.4, -0.2) is 16.7 Å². The molecule has 1 aromatic heterocycles. The average molecular weight is 261 g/mol. The van der Waals surface area contributed by atoms with Crippen LogP contribution >= 0.6 is 0 Å². The van der Waals surface area contributed by atoms with E-state index in [1.165, 1.54) is 12.1 Å². The molecule has 2 heterocycles. The second kappa shape index (κ2) is 4.42. The number of hydrogen-bond donors (Lipinski definition) is 1. The van der Waals surface area contributed by atoms with E-state index >= 15 is 0 Å². The van der Waals surface area contributed by atoms with Gasteiger partial charge in [0.25, 0.3) is 0 Å². The van der Waals surface area contributed by atoms with Crippen LogP contribution in [0.4, 0.5) is 4.39 Å². The maximum Gasteiger partial charge on any atom is 0.246 e. The quantitative estimate of drug-likeness (QED) is 0.903. The summed E-state index contributed by atoms with van der Waals surface area (Å²) in [6.07, 6.45) is 2.06. The number of aromatic nitrogens is 2. The molecule has 100 valence electrons. The third kappa shape index (κ3) is 2.26. The highest BCUT2D eigenvalue weighted by Gasteiger charge is 2.35. The van der Waals surface area contributed by atoms with Gasteiger partial charge in [0.1, 0.15) is 5.82 Å². The summed E-state index contributed by atoms with van der Waals surface area (Å²) < 4.78 is 18.7. The van der Waals surface area contributed by atoms with Crippen molar-refractivity contribution in [3.05, 3.63) is 35.5 Å². The zero-order valence-corrected chi connectivity index (χ0v) is 11.0. The van der Waals surface area contributed by atoms with Crippen molar-refractivity contribution in [2.45, 2.75) is 32.2 Å². The number of hydrogen-bond acceptors (Lipinski definition) is 4. The van der Waals surface area contributed by atoms with E-state index in [9.17, 15) is 4.39 Å². The monoisotopic (exact) mass is 261 g/mol. The van der Waals surface area contributed by atoms with Gasteiger partial charge < -0.3 is 9.84 Å². The van der Waals surface area contributed by atoms with Gasteiger partial charge in [-0.3, -0.25) is 0 Å². The summed E-state index contributed by atoms with van der Waals surface area (Å²) in [6.45, 7) is 4.84. The Morgan fingerprint density at radius 3 is 2.89 bits per heavy atom. The van der Waals surface area contributed by atoms with E-state index in [1.807, 2.05) is 19.9 Å². The Morgan fingerprint density at radius 2 is 2.21 bits per heavy atom. The van der Waals surface area contributed by atoms with Crippen molar-refractivity contribution in [1.82, 2.24) is 15.5 Å². The molecule has 1 fully saturated rings. The van der Waals surface area contributed by atoms with E-state index in [4.69, 9.17) is 4.52 Å². The summed E-state index contributed by atoms with van der Waals surface area (Å²) in [7, 11) is 0. The zero-order chi connectivity index (χ0) is 13.5. The fourth-order valence-electron chi connectivity index (χ4n) is 2.51. The number of nitrogens with zero attached hydrogens (tertiary/aromatic N) is 2. The minimum Gasteiger partial charge on any atom is -0.337 e. The molecule has 0 bridgehead atoms. The number of benzene rings is 1. The maximum atomic E-state index is 13.4. The molecule has 1 unspecified atom stereocenters. The highest BCUT2D eigenvalue weighted by molar-refractivity contribution is 5.55. The molecule has 4 nitrogen and oxygen atoms in total. The van der Waals surface area contributed by atoms with E-state index in [1.54, 1.807) is 0 Å². The average Bonchev–Trinajstić information content (AvgIpc) is 2.96. The first-order valence-electron chi connectivity index (χ1n) is 6.44. The van der Waals surface area contributed by atoms with Crippen molar-refractivity contribution in [3.8, 4) is 11.4 Å². The highest BCUT2D eigenvalue weighted by Crippen LogP contribution is 2.30. The summed E-state index contributed by atoms with van der Waals surface area (Å²) in [4.78, 5) is 4.41. The Bertz CT molecular complexity index is 582. The van der Waals surface area contributed by atoms with E-state index in [0.29, 0.717) is 17.3 Å². The van der Waals surface area contributed by atoms with Crippen molar-refractivity contribution >= 4 is 0 Å². The first-order chi connectivity index (χ1) is 9.07. The normalized spacial score (nSPS) is 22.9. The van der Waals surface area contributed by atoms with Gasteiger partial charge in [0.2, 0.25) is 11.7 Å². The van der Waals surface area contributed by atoms with Gasteiger partial charge in [-0.2, -0.15) is 4.98 Å². The maximum absolute atomic E-state index is 13.4. The molecule has 1 aliphatic heterocycles. The van der Waals surface area contributed by atoms with Gasteiger partial charge in [-0.1, -0.05) is 5.16 Å². The Morgan fingerprint density at radius 1 is 1.37 bits per heavy atom. The molecule has 2 aromatic rings. The van der Waals surface area contributed by atoms with Crippen molar-refractivity contribution in [3.63, 3.8) is 0 Å².